The number of hydrogen-bond acceptors (Lipinski definition) is 4. The Kier molecular flexibility index (Phi) is 6.75. The predicted octanol–water partition coefficient (Wildman–Crippen LogP) is 2.32. The van der Waals surface area contributed by atoms with Gasteiger partial charge in [0.15, 0.2) is 9.84 Å². The fourth-order valence-electron chi connectivity index (χ4n) is 1.31. The molecule has 0 aromatic heterocycles. The van der Waals surface area contributed by atoms with E-state index < -0.39 is 21.4 Å². The van der Waals surface area contributed by atoms with Crippen molar-refractivity contribution in [1.82, 2.24) is 0 Å². The number of sulfone groups is 1. The van der Waals surface area contributed by atoms with Gasteiger partial charge in [0.05, 0.1) is 17.9 Å². The molecule has 0 saturated carbocycles. The lowest BCUT2D eigenvalue weighted by molar-refractivity contribution is -0.154. The maximum Gasteiger partial charge on any atom is 0.307 e. The van der Waals surface area contributed by atoms with E-state index in [-0.39, 0.29) is 17.9 Å². The Morgan fingerprint density at radius 1 is 1.12 bits per heavy atom. The number of ether oxygens (including phenoxy) is 1. The maximum absolute atomic E-state index is 11.6. The van der Waals surface area contributed by atoms with E-state index in [1.165, 1.54) is 0 Å². The average molecular weight is 264 g/mol. The fourth-order valence-corrected chi connectivity index (χ4v) is 2.63. The Hall–Kier alpha value is -0.580. The van der Waals surface area contributed by atoms with Crippen LogP contribution < -0.4 is 0 Å². The minimum Gasteiger partial charge on any atom is -0.460 e. The molecular weight excluding hydrogens is 240 g/mol. The van der Waals surface area contributed by atoms with Gasteiger partial charge in [0.25, 0.3) is 0 Å². The Morgan fingerprint density at radius 2 is 1.71 bits per heavy atom. The van der Waals surface area contributed by atoms with Crippen LogP contribution in [0.3, 0.4) is 0 Å². The largest absolute Gasteiger partial charge is 0.460 e. The summed E-state index contributed by atoms with van der Waals surface area (Å²) in [5, 5.41) is 0. The standard InChI is InChI=1S/C12H24O4S/c1-5-6-7-9-17(14,15)10-8-11(13)16-12(2,3)4/h5-10H2,1-4H3. The van der Waals surface area contributed by atoms with Crippen molar-refractivity contribution in [2.45, 2.75) is 59.0 Å². The zero-order valence-electron chi connectivity index (χ0n) is 11.3. The van der Waals surface area contributed by atoms with Crippen LogP contribution in [0.2, 0.25) is 0 Å². The summed E-state index contributed by atoms with van der Waals surface area (Å²) in [4.78, 5) is 11.3. The van der Waals surface area contributed by atoms with E-state index in [9.17, 15) is 13.2 Å². The first kappa shape index (κ1) is 16.4. The van der Waals surface area contributed by atoms with Crippen molar-refractivity contribution < 1.29 is 17.9 Å². The van der Waals surface area contributed by atoms with E-state index in [1.54, 1.807) is 20.8 Å². The zero-order valence-corrected chi connectivity index (χ0v) is 12.1. The Morgan fingerprint density at radius 3 is 2.18 bits per heavy atom. The first-order chi connectivity index (χ1) is 7.66. The predicted molar refractivity (Wildman–Crippen MR) is 68.6 cm³/mol. The lowest BCUT2D eigenvalue weighted by Gasteiger charge is -2.19. The van der Waals surface area contributed by atoms with Crippen molar-refractivity contribution in [2.24, 2.45) is 0 Å². The monoisotopic (exact) mass is 264 g/mol. The second kappa shape index (κ2) is 6.99. The van der Waals surface area contributed by atoms with Crippen molar-refractivity contribution in [1.29, 1.82) is 0 Å². The molecule has 0 heterocycles. The second-order valence-corrected chi connectivity index (χ2v) is 7.50. The smallest absolute Gasteiger partial charge is 0.307 e. The lowest BCUT2D eigenvalue weighted by atomic mass is 10.2. The minimum atomic E-state index is -3.11. The van der Waals surface area contributed by atoms with Crippen LogP contribution in [0.5, 0.6) is 0 Å². The summed E-state index contributed by atoms with van der Waals surface area (Å²) in [6.45, 7) is 7.31. The van der Waals surface area contributed by atoms with Crippen molar-refractivity contribution >= 4 is 15.8 Å². The molecule has 0 rings (SSSR count). The molecule has 0 aliphatic heterocycles. The first-order valence-corrected chi connectivity index (χ1v) is 7.91. The zero-order chi connectivity index (χ0) is 13.5. The van der Waals surface area contributed by atoms with Crippen LogP contribution in [-0.4, -0.2) is 31.5 Å². The Bertz CT molecular complexity index is 325. The van der Waals surface area contributed by atoms with Gasteiger partial charge in [-0.05, 0) is 27.2 Å². The first-order valence-electron chi connectivity index (χ1n) is 6.08. The molecule has 5 heteroatoms. The maximum atomic E-state index is 11.6. The van der Waals surface area contributed by atoms with Gasteiger partial charge < -0.3 is 4.74 Å². The highest BCUT2D eigenvalue weighted by Gasteiger charge is 2.19. The van der Waals surface area contributed by atoms with Crippen LogP contribution in [0, 0.1) is 0 Å². The van der Waals surface area contributed by atoms with Gasteiger partial charge in [-0.1, -0.05) is 19.8 Å². The summed E-state index contributed by atoms with van der Waals surface area (Å²) in [6.07, 6.45) is 2.52. The summed E-state index contributed by atoms with van der Waals surface area (Å²) in [5.74, 6) is -0.383. The molecule has 0 aliphatic rings. The van der Waals surface area contributed by atoms with Crippen LogP contribution in [0.1, 0.15) is 53.4 Å². The third-order valence-electron chi connectivity index (χ3n) is 2.10. The molecule has 4 nitrogen and oxygen atoms in total. The minimum absolute atomic E-state index is 0.0499. The molecule has 0 aromatic rings. The van der Waals surface area contributed by atoms with Crippen molar-refractivity contribution in [3.05, 3.63) is 0 Å². The number of esters is 1. The average Bonchev–Trinajstić information content (AvgIpc) is 2.13. The number of rotatable bonds is 7. The summed E-state index contributed by atoms with van der Waals surface area (Å²) < 4.78 is 28.2. The van der Waals surface area contributed by atoms with Gasteiger partial charge >= 0.3 is 5.97 Å². The summed E-state index contributed by atoms with van der Waals surface area (Å²) >= 11 is 0. The Balaban J connectivity index is 3.97. The molecule has 0 spiro atoms. The van der Waals surface area contributed by atoms with Gasteiger partial charge in [0.2, 0.25) is 0 Å². The normalized spacial score (nSPS) is 12.5. The van der Waals surface area contributed by atoms with E-state index >= 15 is 0 Å². The summed E-state index contributed by atoms with van der Waals surface area (Å²) in [6, 6.07) is 0. The van der Waals surface area contributed by atoms with Gasteiger partial charge in [0, 0.05) is 0 Å². The SMILES string of the molecule is CCCCCS(=O)(=O)CCC(=O)OC(C)(C)C. The van der Waals surface area contributed by atoms with E-state index in [0.29, 0.717) is 6.42 Å². The van der Waals surface area contributed by atoms with Gasteiger partial charge in [0.1, 0.15) is 5.60 Å². The highest BCUT2D eigenvalue weighted by atomic mass is 32.2. The third-order valence-corrected chi connectivity index (χ3v) is 3.83. The van der Waals surface area contributed by atoms with E-state index in [4.69, 9.17) is 4.74 Å². The van der Waals surface area contributed by atoms with Crippen LogP contribution in [0.4, 0.5) is 0 Å². The molecule has 0 atom stereocenters. The summed E-state index contributed by atoms with van der Waals surface area (Å²) in [7, 11) is -3.11. The van der Waals surface area contributed by atoms with E-state index in [0.717, 1.165) is 12.8 Å². The van der Waals surface area contributed by atoms with Gasteiger partial charge in [-0.3, -0.25) is 4.79 Å². The highest BCUT2D eigenvalue weighted by molar-refractivity contribution is 7.91. The molecule has 0 aliphatic carbocycles. The van der Waals surface area contributed by atoms with Crippen LogP contribution in [0.25, 0.3) is 0 Å². The molecule has 0 bridgehead atoms. The number of carbonyl (C=O) groups excluding carboxylic acids is 1. The number of carbonyl (C=O) groups is 1. The molecular formula is C12H24O4S. The van der Waals surface area contributed by atoms with Crippen molar-refractivity contribution in [3.63, 3.8) is 0 Å². The molecule has 0 radical (unpaired) electrons. The third kappa shape index (κ3) is 10.3. The number of hydrogen-bond donors (Lipinski definition) is 0. The topological polar surface area (TPSA) is 60.4 Å². The molecule has 0 saturated heterocycles. The highest BCUT2D eigenvalue weighted by Crippen LogP contribution is 2.09. The Labute approximate surface area is 105 Å². The van der Waals surface area contributed by atoms with Crippen LogP contribution >= 0.6 is 0 Å². The molecule has 0 fully saturated rings. The summed E-state index contributed by atoms with van der Waals surface area (Å²) in [5.41, 5.74) is -0.553. The second-order valence-electron chi connectivity index (χ2n) is 5.20. The number of unbranched alkanes of at least 4 members (excludes halogenated alkanes) is 2. The molecule has 0 unspecified atom stereocenters. The molecule has 0 N–H and O–H groups in total. The van der Waals surface area contributed by atoms with Crippen LogP contribution in [0.15, 0.2) is 0 Å². The van der Waals surface area contributed by atoms with Crippen molar-refractivity contribution in [3.8, 4) is 0 Å². The van der Waals surface area contributed by atoms with Crippen molar-refractivity contribution in [2.75, 3.05) is 11.5 Å². The van der Waals surface area contributed by atoms with E-state index in [2.05, 4.69) is 0 Å². The van der Waals surface area contributed by atoms with Gasteiger partial charge in [-0.25, -0.2) is 8.42 Å². The van der Waals surface area contributed by atoms with Crippen LogP contribution in [-0.2, 0) is 19.4 Å². The van der Waals surface area contributed by atoms with Gasteiger partial charge in [-0.2, -0.15) is 0 Å². The molecule has 17 heavy (non-hydrogen) atoms. The molecule has 0 amide bonds. The fraction of sp³-hybridized carbons (Fsp3) is 0.917. The molecule has 102 valence electrons. The van der Waals surface area contributed by atoms with Gasteiger partial charge in [-0.15, -0.1) is 0 Å². The lowest BCUT2D eigenvalue weighted by Crippen LogP contribution is -2.25. The molecule has 0 aromatic carbocycles. The quantitative estimate of drug-likeness (QED) is 0.523. The van der Waals surface area contributed by atoms with E-state index in [1.807, 2.05) is 6.92 Å².